The van der Waals surface area contributed by atoms with Crippen molar-refractivity contribution < 1.29 is 19.0 Å². The molecular formula is C10H15FO3. The predicted molar refractivity (Wildman–Crippen MR) is 49.7 cm³/mol. The lowest BCUT2D eigenvalue weighted by atomic mass is 9.84. The Kier molecular flexibility index (Phi) is 3.63. The van der Waals surface area contributed by atoms with Crippen LogP contribution in [0.1, 0.15) is 32.1 Å². The summed E-state index contributed by atoms with van der Waals surface area (Å²) in [6.07, 6.45) is 5.52. The molecule has 0 unspecified atom stereocenters. The summed E-state index contributed by atoms with van der Waals surface area (Å²) in [5.74, 6) is -2.64. The van der Waals surface area contributed by atoms with Crippen molar-refractivity contribution in [3.05, 3.63) is 11.9 Å². The van der Waals surface area contributed by atoms with Gasteiger partial charge in [-0.25, -0.2) is 4.79 Å². The lowest BCUT2D eigenvalue weighted by Crippen LogP contribution is -2.32. The molecule has 1 aliphatic rings. The van der Waals surface area contributed by atoms with Crippen LogP contribution >= 0.6 is 0 Å². The van der Waals surface area contributed by atoms with Gasteiger partial charge < -0.3 is 9.84 Å². The van der Waals surface area contributed by atoms with Gasteiger partial charge in [0.2, 0.25) is 5.83 Å². The minimum Gasteiger partial charge on any atom is -0.476 e. The highest BCUT2D eigenvalue weighted by Gasteiger charge is 2.31. The number of methoxy groups -OCH3 is 1. The molecule has 14 heavy (non-hydrogen) atoms. The maximum Gasteiger partial charge on any atom is 0.364 e. The molecular weight excluding hydrogens is 187 g/mol. The summed E-state index contributed by atoms with van der Waals surface area (Å²) in [5.41, 5.74) is -0.694. The number of carboxylic acids is 1. The molecule has 3 nitrogen and oxygen atoms in total. The summed E-state index contributed by atoms with van der Waals surface area (Å²) in [5, 5.41) is 8.42. The zero-order valence-corrected chi connectivity index (χ0v) is 8.25. The molecule has 0 aromatic carbocycles. The largest absolute Gasteiger partial charge is 0.476 e. The number of halogens is 1. The fourth-order valence-corrected chi connectivity index (χ4v) is 1.85. The molecule has 0 amide bonds. The van der Waals surface area contributed by atoms with E-state index in [0.29, 0.717) is 12.8 Å². The molecule has 1 rings (SSSR count). The number of aliphatic carboxylic acids is 1. The van der Waals surface area contributed by atoms with Gasteiger partial charge in [-0.05, 0) is 18.9 Å². The number of hydrogen-bond donors (Lipinski definition) is 1. The molecule has 1 N–H and O–H groups in total. The Balaban J connectivity index is 2.78. The van der Waals surface area contributed by atoms with Gasteiger partial charge >= 0.3 is 5.97 Å². The summed E-state index contributed by atoms with van der Waals surface area (Å²) in [6, 6.07) is 0. The Hall–Kier alpha value is -0.900. The van der Waals surface area contributed by atoms with Crippen LogP contribution in [-0.4, -0.2) is 23.8 Å². The average molecular weight is 202 g/mol. The van der Waals surface area contributed by atoms with Gasteiger partial charge in [0.25, 0.3) is 0 Å². The van der Waals surface area contributed by atoms with Gasteiger partial charge in [-0.1, -0.05) is 19.3 Å². The number of carbonyl (C=O) groups is 1. The molecule has 0 aromatic rings. The topological polar surface area (TPSA) is 46.5 Å². The second kappa shape index (κ2) is 4.55. The van der Waals surface area contributed by atoms with Gasteiger partial charge in [-0.15, -0.1) is 0 Å². The van der Waals surface area contributed by atoms with Crippen LogP contribution in [0, 0.1) is 0 Å². The highest BCUT2D eigenvalue weighted by molar-refractivity contribution is 5.84. The average Bonchev–Trinajstić information content (AvgIpc) is 2.19. The summed E-state index contributed by atoms with van der Waals surface area (Å²) in [7, 11) is 1.50. The summed E-state index contributed by atoms with van der Waals surface area (Å²) in [6.45, 7) is 0. The van der Waals surface area contributed by atoms with Gasteiger partial charge in [-0.2, -0.15) is 4.39 Å². The van der Waals surface area contributed by atoms with E-state index in [9.17, 15) is 9.18 Å². The smallest absolute Gasteiger partial charge is 0.364 e. The van der Waals surface area contributed by atoms with Crippen molar-refractivity contribution in [2.75, 3.05) is 7.11 Å². The molecule has 0 radical (unpaired) electrons. The Morgan fingerprint density at radius 3 is 2.43 bits per heavy atom. The number of ether oxygens (including phenoxy) is 1. The van der Waals surface area contributed by atoms with Crippen molar-refractivity contribution in [2.45, 2.75) is 37.7 Å². The van der Waals surface area contributed by atoms with E-state index in [1.807, 2.05) is 0 Å². The lowest BCUT2D eigenvalue weighted by Gasteiger charge is -2.32. The SMILES string of the molecule is COC1(/C=C(/F)C(=O)O)CCCCC1. The fourth-order valence-electron chi connectivity index (χ4n) is 1.85. The van der Waals surface area contributed by atoms with E-state index in [2.05, 4.69) is 0 Å². The van der Waals surface area contributed by atoms with Crippen molar-refractivity contribution in [2.24, 2.45) is 0 Å². The number of rotatable bonds is 3. The van der Waals surface area contributed by atoms with Crippen molar-refractivity contribution >= 4 is 5.97 Å². The fraction of sp³-hybridized carbons (Fsp3) is 0.700. The van der Waals surface area contributed by atoms with E-state index in [-0.39, 0.29) is 0 Å². The molecule has 0 aliphatic heterocycles. The maximum absolute atomic E-state index is 12.9. The van der Waals surface area contributed by atoms with E-state index in [1.165, 1.54) is 7.11 Å². The molecule has 4 heteroatoms. The Bertz CT molecular complexity index is 242. The zero-order chi connectivity index (χ0) is 10.6. The van der Waals surface area contributed by atoms with Crippen molar-refractivity contribution in [3.63, 3.8) is 0 Å². The molecule has 1 aliphatic carbocycles. The van der Waals surface area contributed by atoms with Gasteiger partial charge in [0, 0.05) is 7.11 Å². The molecule has 1 fully saturated rings. The molecule has 1 saturated carbocycles. The van der Waals surface area contributed by atoms with Crippen LogP contribution in [0.5, 0.6) is 0 Å². The molecule has 0 spiro atoms. The monoisotopic (exact) mass is 202 g/mol. The molecule has 0 saturated heterocycles. The van der Waals surface area contributed by atoms with Crippen LogP contribution < -0.4 is 0 Å². The first-order valence-corrected chi connectivity index (χ1v) is 4.76. The van der Waals surface area contributed by atoms with E-state index < -0.39 is 17.4 Å². The minimum atomic E-state index is -1.52. The van der Waals surface area contributed by atoms with E-state index in [0.717, 1.165) is 25.3 Å². The van der Waals surface area contributed by atoms with Gasteiger partial charge in [0.15, 0.2) is 0 Å². The standard InChI is InChI=1S/C10H15FO3/c1-14-10(5-3-2-4-6-10)7-8(11)9(12)13/h7H,2-6H2,1H3,(H,12,13)/b8-7+. The maximum atomic E-state index is 12.9. The van der Waals surface area contributed by atoms with E-state index >= 15 is 0 Å². The van der Waals surface area contributed by atoms with E-state index in [4.69, 9.17) is 9.84 Å². The Labute approximate surface area is 82.6 Å². The van der Waals surface area contributed by atoms with Crippen molar-refractivity contribution in [1.82, 2.24) is 0 Å². The van der Waals surface area contributed by atoms with Crippen molar-refractivity contribution in [3.8, 4) is 0 Å². The molecule has 0 aromatic heterocycles. The zero-order valence-electron chi connectivity index (χ0n) is 8.25. The third-order valence-corrected chi connectivity index (χ3v) is 2.70. The number of carboxylic acid groups (broad SMARTS) is 1. The van der Waals surface area contributed by atoms with E-state index in [1.54, 1.807) is 0 Å². The highest BCUT2D eigenvalue weighted by atomic mass is 19.1. The van der Waals surface area contributed by atoms with Gasteiger partial charge in [-0.3, -0.25) is 0 Å². The highest BCUT2D eigenvalue weighted by Crippen LogP contribution is 2.33. The lowest BCUT2D eigenvalue weighted by molar-refractivity contribution is -0.134. The quantitative estimate of drug-likeness (QED) is 0.714. The summed E-state index contributed by atoms with van der Waals surface area (Å²) >= 11 is 0. The van der Waals surface area contributed by atoms with Crippen LogP contribution in [0.25, 0.3) is 0 Å². The minimum absolute atomic E-state index is 0.694. The van der Waals surface area contributed by atoms with Gasteiger partial charge in [0.1, 0.15) is 0 Å². The molecule has 0 atom stereocenters. The number of hydrogen-bond acceptors (Lipinski definition) is 2. The normalized spacial score (nSPS) is 22.0. The Morgan fingerprint density at radius 1 is 1.43 bits per heavy atom. The predicted octanol–water partition coefficient (Wildman–Crippen LogP) is 2.27. The van der Waals surface area contributed by atoms with Crippen LogP contribution in [0.15, 0.2) is 11.9 Å². The van der Waals surface area contributed by atoms with Crippen LogP contribution in [-0.2, 0) is 9.53 Å². The first-order chi connectivity index (χ1) is 6.59. The molecule has 0 bridgehead atoms. The third kappa shape index (κ3) is 2.54. The van der Waals surface area contributed by atoms with Crippen LogP contribution in [0.4, 0.5) is 4.39 Å². The second-order valence-electron chi connectivity index (χ2n) is 3.63. The first-order valence-electron chi connectivity index (χ1n) is 4.76. The summed E-state index contributed by atoms with van der Waals surface area (Å²) in [4.78, 5) is 10.3. The third-order valence-electron chi connectivity index (χ3n) is 2.70. The van der Waals surface area contributed by atoms with Crippen molar-refractivity contribution in [1.29, 1.82) is 0 Å². The molecule has 0 heterocycles. The Morgan fingerprint density at radius 2 is 2.00 bits per heavy atom. The molecule has 80 valence electrons. The van der Waals surface area contributed by atoms with Crippen LogP contribution in [0.3, 0.4) is 0 Å². The summed E-state index contributed by atoms with van der Waals surface area (Å²) < 4.78 is 18.1. The second-order valence-corrected chi connectivity index (χ2v) is 3.63. The first kappa shape index (κ1) is 11.2. The van der Waals surface area contributed by atoms with Crippen LogP contribution in [0.2, 0.25) is 0 Å². The van der Waals surface area contributed by atoms with Gasteiger partial charge in [0.05, 0.1) is 5.60 Å².